The first-order valence-corrected chi connectivity index (χ1v) is 6.49. The third kappa shape index (κ3) is 3.17. The number of rotatable bonds is 1. The number of nitrogens with two attached hydrogens (primary N) is 1. The molecule has 2 rings (SSSR count). The molecule has 1 atom stereocenters. The second kappa shape index (κ2) is 5.09. The lowest BCUT2D eigenvalue weighted by Gasteiger charge is -2.23. The highest BCUT2D eigenvalue weighted by Crippen LogP contribution is 2.25. The molecule has 1 amide bonds. The van der Waals surface area contributed by atoms with E-state index < -0.39 is 5.60 Å². The number of phenolic OH excluding ortho intramolecular Hbond substituents is 1. The fraction of sp³-hybridized carbons (Fsp3) is 0.500. The van der Waals surface area contributed by atoms with Gasteiger partial charge in [0.1, 0.15) is 5.75 Å². The zero-order valence-electron chi connectivity index (χ0n) is 11.1. The van der Waals surface area contributed by atoms with Crippen molar-refractivity contribution in [2.45, 2.75) is 31.8 Å². The van der Waals surface area contributed by atoms with E-state index in [1.165, 1.54) is 18.2 Å². The number of likely N-dealkylation sites (tertiary alicyclic amines) is 1. The minimum Gasteiger partial charge on any atom is -0.508 e. The summed E-state index contributed by atoms with van der Waals surface area (Å²) >= 11 is 0. The van der Waals surface area contributed by atoms with E-state index in [0.29, 0.717) is 37.2 Å². The Bertz CT molecular complexity index is 486. The van der Waals surface area contributed by atoms with Crippen LogP contribution in [-0.2, 0) is 0 Å². The number of hydrogen-bond acceptors (Lipinski definition) is 4. The Labute approximate surface area is 112 Å². The van der Waals surface area contributed by atoms with Crippen molar-refractivity contribution >= 4 is 11.6 Å². The fourth-order valence-electron chi connectivity index (χ4n) is 2.37. The second-order valence-electron chi connectivity index (χ2n) is 5.41. The Hall–Kier alpha value is -1.75. The summed E-state index contributed by atoms with van der Waals surface area (Å²) in [7, 11) is 0. The molecule has 1 heterocycles. The average Bonchev–Trinajstić information content (AvgIpc) is 2.52. The number of anilines is 1. The first kappa shape index (κ1) is 13.7. The summed E-state index contributed by atoms with van der Waals surface area (Å²) in [5.41, 5.74) is 5.75. The lowest BCUT2D eigenvalue weighted by Crippen LogP contribution is -2.33. The van der Waals surface area contributed by atoms with E-state index in [4.69, 9.17) is 5.73 Å². The zero-order valence-corrected chi connectivity index (χ0v) is 11.1. The van der Waals surface area contributed by atoms with E-state index in [-0.39, 0.29) is 11.7 Å². The van der Waals surface area contributed by atoms with Crippen LogP contribution in [0.2, 0.25) is 0 Å². The topological polar surface area (TPSA) is 86.8 Å². The minimum atomic E-state index is -0.709. The van der Waals surface area contributed by atoms with Crippen LogP contribution in [0.3, 0.4) is 0 Å². The highest BCUT2D eigenvalue weighted by atomic mass is 16.3. The van der Waals surface area contributed by atoms with Crippen molar-refractivity contribution in [3.8, 4) is 5.75 Å². The van der Waals surface area contributed by atoms with Crippen molar-refractivity contribution in [2.24, 2.45) is 0 Å². The van der Waals surface area contributed by atoms with Crippen LogP contribution < -0.4 is 5.73 Å². The predicted octanol–water partition coefficient (Wildman–Crippen LogP) is 1.35. The number of amides is 1. The summed E-state index contributed by atoms with van der Waals surface area (Å²) in [6, 6.07) is 4.37. The third-order valence-corrected chi connectivity index (χ3v) is 3.62. The normalized spacial score (nSPS) is 24.0. The molecule has 1 aromatic rings. The molecular weight excluding hydrogens is 244 g/mol. The predicted molar refractivity (Wildman–Crippen MR) is 72.9 cm³/mol. The summed E-state index contributed by atoms with van der Waals surface area (Å²) in [6.45, 7) is 2.90. The Kier molecular flexibility index (Phi) is 3.66. The van der Waals surface area contributed by atoms with Crippen molar-refractivity contribution in [1.82, 2.24) is 4.90 Å². The van der Waals surface area contributed by atoms with Gasteiger partial charge in [0.05, 0.1) is 11.2 Å². The number of carbonyl (C=O) groups excluding carboxylic acids is 1. The molecule has 104 valence electrons. The van der Waals surface area contributed by atoms with Crippen molar-refractivity contribution in [3.05, 3.63) is 23.8 Å². The molecule has 0 saturated carbocycles. The van der Waals surface area contributed by atoms with Crippen LogP contribution in [0.1, 0.15) is 36.5 Å². The van der Waals surface area contributed by atoms with Crippen LogP contribution in [0.5, 0.6) is 5.75 Å². The molecule has 1 saturated heterocycles. The van der Waals surface area contributed by atoms with Crippen molar-refractivity contribution < 1.29 is 15.0 Å². The maximum atomic E-state index is 12.4. The molecule has 1 unspecified atom stereocenters. The number of hydrogen-bond donors (Lipinski definition) is 3. The molecule has 1 aromatic carbocycles. The summed E-state index contributed by atoms with van der Waals surface area (Å²) in [4.78, 5) is 14.1. The van der Waals surface area contributed by atoms with Crippen LogP contribution in [0.25, 0.3) is 0 Å². The molecular formula is C14H20N2O3. The van der Waals surface area contributed by atoms with Gasteiger partial charge >= 0.3 is 0 Å². The van der Waals surface area contributed by atoms with Gasteiger partial charge in [0.2, 0.25) is 0 Å². The fourth-order valence-corrected chi connectivity index (χ4v) is 2.37. The van der Waals surface area contributed by atoms with Gasteiger partial charge in [0, 0.05) is 18.8 Å². The first-order valence-electron chi connectivity index (χ1n) is 6.49. The van der Waals surface area contributed by atoms with Crippen molar-refractivity contribution in [3.63, 3.8) is 0 Å². The molecule has 5 heteroatoms. The SMILES string of the molecule is CC1(O)CCCN(C(=O)c2cc(O)ccc2N)CC1. The van der Waals surface area contributed by atoms with Gasteiger partial charge < -0.3 is 20.8 Å². The third-order valence-electron chi connectivity index (χ3n) is 3.62. The zero-order chi connectivity index (χ0) is 14.0. The molecule has 0 bridgehead atoms. The number of aliphatic hydroxyl groups is 1. The lowest BCUT2D eigenvalue weighted by atomic mass is 9.98. The minimum absolute atomic E-state index is 0.0272. The van der Waals surface area contributed by atoms with E-state index in [1.807, 2.05) is 0 Å². The van der Waals surface area contributed by atoms with Gasteiger partial charge in [-0.25, -0.2) is 0 Å². The number of nitrogens with zero attached hydrogens (tertiary/aromatic N) is 1. The second-order valence-corrected chi connectivity index (χ2v) is 5.41. The molecule has 4 N–H and O–H groups in total. The van der Waals surface area contributed by atoms with E-state index in [1.54, 1.807) is 11.8 Å². The van der Waals surface area contributed by atoms with Gasteiger partial charge in [-0.15, -0.1) is 0 Å². The maximum Gasteiger partial charge on any atom is 0.256 e. The first-order chi connectivity index (χ1) is 8.89. The van der Waals surface area contributed by atoms with Crippen LogP contribution in [0.15, 0.2) is 18.2 Å². The molecule has 0 aromatic heterocycles. The molecule has 19 heavy (non-hydrogen) atoms. The van der Waals surface area contributed by atoms with E-state index >= 15 is 0 Å². The Balaban J connectivity index is 2.17. The van der Waals surface area contributed by atoms with Gasteiger partial charge in [0.25, 0.3) is 5.91 Å². The van der Waals surface area contributed by atoms with Crippen LogP contribution >= 0.6 is 0 Å². The van der Waals surface area contributed by atoms with Gasteiger partial charge in [-0.05, 0) is 44.4 Å². The Morgan fingerprint density at radius 3 is 2.84 bits per heavy atom. The number of nitrogen functional groups attached to an aromatic ring is 1. The molecule has 0 radical (unpaired) electrons. The smallest absolute Gasteiger partial charge is 0.256 e. The van der Waals surface area contributed by atoms with Crippen LogP contribution in [0, 0.1) is 0 Å². The monoisotopic (exact) mass is 264 g/mol. The lowest BCUT2D eigenvalue weighted by molar-refractivity contribution is 0.0438. The molecule has 0 aliphatic carbocycles. The van der Waals surface area contributed by atoms with Gasteiger partial charge in [0.15, 0.2) is 0 Å². The molecule has 0 spiro atoms. The maximum absolute atomic E-state index is 12.4. The average molecular weight is 264 g/mol. The largest absolute Gasteiger partial charge is 0.508 e. The molecule has 1 aliphatic heterocycles. The van der Waals surface area contributed by atoms with Gasteiger partial charge in [-0.2, -0.15) is 0 Å². The van der Waals surface area contributed by atoms with E-state index in [0.717, 1.165) is 6.42 Å². The number of phenols is 1. The summed E-state index contributed by atoms with van der Waals surface area (Å²) < 4.78 is 0. The number of benzene rings is 1. The highest BCUT2D eigenvalue weighted by molar-refractivity contribution is 5.99. The number of carbonyl (C=O) groups is 1. The summed E-state index contributed by atoms with van der Waals surface area (Å²) in [5, 5.41) is 19.5. The van der Waals surface area contributed by atoms with E-state index in [2.05, 4.69) is 0 Å². The Morgan fingerprint density at radius 2 is 2.11 bits per heavy atom. The molecule has 1 aliphatic rings. The number of aromatic hydroxyl groups is 1. The van der Waals surface area contributed by atoms with Crippen molar-refractivity contribution in [2.75, 3.05) is 18.8 Å². The van der Waals surface area contributed by atoms with Crippen LogP contribution in [-0.4, -0.2) is 39.7 Å². The molecule has 5 nitrogen and oxygen atoms in total. The highest BCUT2D eigenvalue weighted by Gasteiger charge is 2.28. The van der Waals surface area contributed by atoms with Gasteiger partial charge in [-0.3, -0.25) is 4.79 Å². The standard InChI is InChI=1S/C14H20N2O3/c1-14(19)5-2-7-16(8-6-14)13(18)11-9-10(17)3-4-12(11)15/h3-4,9,17,19H,2,5-8,15H2,1H3. The summed E-state index contributed by atoms with van der Waals surface area (Å²) in [5.74, 6) is -0.162. The summed E-state index contributed by atoms with van der Waals surface area (Å²) in [6.07, 6.45) is 2.00. The van der Waals surface area contributed by atoms with Crippen LogP contribution in [0.4, 0.5) is 5.69 Å². The van der Waals surface area contributed by atoms with Crippen molar-refractivity contribution in [1.29, 1.82) is 0 Å². The quantitative estimate of drug-likeness (QED) is 0.528. The van der Waals surface area contributed by atoms with E-state index in [9.17, 15) is 15.0 Å². The Morgan fingerprint density at radius 1 is 1.37 bits per heavy atom. The molecule has 1 fully saturated rings. The van der Waals surface area contributed by atoms with Gasteiger partial charge in [-0.1, -0.05) is 0 Å².